The third kappa shape index (κ3) is 3.70. The SMILES string of the molecule is C[C@@H]1Oc2ccccc2O[C@H]1C(=O)OCc1nc(N)nc(N(C)C)n1. The van der Waals surface area contributed by atoms with Gasteiger partial charge in [-0.3, -0.25) is 0 Å². The Morgan fingerprint density at radius 1 is 1.20 bits per heavy atom. The molecule has 2 atom stereocenters. The minimum atomic E-state index is -0.873. The second-order valence-corrected chi connectivity index (χ2v) is 5.72. The van der Waals surface area contributed by atoms with Crippen LogP contribution in [0.25, 0.3) is 0 Å². The Labute approximate surface area is 144 Å². The fraction of sp³-hybridized carbons (Fsp3) is 0.375. The summed E-state index contributed by atoms with van der Waals surface area (Å²) in [6.07, 6.45) is -1.36. The summed E-state index contributed by atoms with van der Waals surface area (Å²) < 4.78 is 16.7. The monoisotopic (exact) mass is 345 g/mol. The van der Waals surface area contributed by atoms with Crippen molar-refractivity contribution in [1.82, 2.24) is 15.0 Å². The molecule has 1 aliphatic heterocycles. The molecule has 2 N–H and O–H groups in total. The first kappa shape index (κ1) is 16.7. The van der Waals surface area contributed by atoms with Crippen LogP contribution >= 0.6 is 0 Å². The first-order chi connectivity index (χ1) is 11.9. The number of nitrogens with two attached hydrogens (primary N) is 1. The number of para-hydroxylation sites is 2. The lowest BCUT2D eigenvalue weighted by Gasteiger charge is -2.30. The van der Waals surface area contributed by atoms with Gasteiger partial charge in [-0.05, 0) is 19.1 Å². The lowest BCUT2D eigenvalue weighted by atomic mass is 10.2. The maximum Gasteiger partial charge on any atom is 0.351 e. The van der Waals surface area contributed by atoms with E-state index < -0.39 is 18.2 Å². The molecule has 2 aromatic rings. The standard InChI is InChI=1S/C16H19N5O4/c1-9-13(25-11-7-5-4-6-10(11)24-9)14(22)23-8-12-18-15(17)20-16(19-12)21(2)3/h4-7,9,13H,8H2,1-3H3,(H2,17,18,19,20)/t9-,13+/m0/s1. The molecule has 0 unspecified atom stereocenters. The minimum Gasteiger partial charge on any atom is -0.482 e. The van der Waals surface area contributed by atoms with E-state index >= 15 is 0 Å². The van der Waals surface area contributed by atoms with Gasteiger partial charge in [0.05, 0.1) is 0 Å². The summed E-state index contributed by atoms with van der Waals surface area (Å²) >= 11 is 0. The van der Waals surface area contributed by atoms with Crippen molar-refractivity contribution in [2.24, 2.45) is 0 Å². The van der Waals surface area contributed by atoms with Crippen LogP contribution in [0.5, 0.6) is 11.5 Å². The highest BCUT2D eigenvalue weighted by Gasteiger charge is 2.35. The number of nitrogens with zero attached hydrogens (tertiary/aromatic N) is 4. The highest BCUT2D eigenvalue weighted by Crippen LogP contribution is 2.33. The van der Waals surface area contributed by atoms with Crippen molar-refractivity contribution in [1.29, 1.82) is 0 Å². The highest BCUT2D eigenvalue weighted by atomic mass is 16.6. The van der Waals surface area contributed by atoms with E-state index in [2.05, 4.69) is 15.0 Å². The number of nitrogen functional groups attached to an aromatic ring is 1. The summed E-state index contributed by atoms with van der Waals surface area (Å²) in [7, 11) is 3.55. The average Bonchev–Trinajstić information content (AvgIpc) is 2.58. The summed E-state index contributed by atoms with van der Waals surface area (Å²) in [6.45, 7) is 1.60. The van der Waals surface area contributed by atoms with Crippen LogP contribution in [0.2, 0.25) is 0 Å². The summed E-state index contributed by atoms with van der Waals surface area (Å²) in [4.78, 5) is 26.2. The van der Waals surface area contributed by atoms with Crippen LogP contribution in [0.3, 0.4) is 0 Å². The Hall–Kier alpha value is -3.10. The normalized spacial score (nSPS) is 18.5. The van der Waals surface area contributed by atoms with Crippen molar-refractivity contribution in [2.45, 2.75) is 25.7 Å². The number of hydrogen-bond acceptors (Lipinski definition) is 9. The number of anilines is 2. The van der Waals surface area contributed by atoms with E-state index in [-0.39, 0.29) is 18.4 Å². The van der Waals surface area contributed by atoms with Crippen LogP contribution < -0.4 is 20.1 Å². The molecular formula is C16H19N5O4. The van der Waals surface area contributed by atoms with Crippen LogP contribution in [-0.4, -0.2) is 47.2 Å². The number of carbonyl (C=O) groups is 1. The zero-order valence-electron chi connectivity index (χ0n) is 14.2. The molecule has 132 valence electrons. The molecule has 3 rings (SSSR count). The average molecular weight is 345 g/mol. The van der Waals surface area contributed by atoms with Crippen molar-refractivity contribution < 1.29 is 19.0 Å². The van der Waals surface area contributed by atoms with Gasteiger partial charge >= 0.3 is 5.97 Å². The Morgan fingerprint density at radius 3 is 2.56 bits per heavy atom. The number of benzene rings is 1. The molecule has 0 fully saturated rings. The topological polar surface area (TPSA) is 113 Å². The number of aromatic nitrogens is 3. The van der Waals surface area contributed by atoms with E-state index in [9.17, 15) is 4.79 Å². The summed E-state index contributed by atoms with van der Waals surface area (Å²) in [5, 5.41) is 0. The number of hydrogen-bond donors (Lipinski definition) is 1. The van der Waals surface area contributed by atoms with Crippen LogP contribution in [0, 0.1) is 0 Å². The third-order valence-corrected chi connectivity index (χ3v) is 3.51. The molecular weight excluding hydrogens is 326 g/mol. The van der Waals surface area contributed by atoms with Crippen molar-refractivity contribution in [3.63, 3.8) is 0 Å². The van der Waals surface area contributed by atoms with Gasteiger partial charge in [0.25, 0.3) is 0 Å². The van der Waals surface area contributed by atoms with E-state index in [1.165, 1.54) is 0 Å². The molecule has 0 bridgehead atoms. The number of rotatable bonds is 4. The van der Waals surface area contributed by atoms with Gasteiger partial charge in [0, 0.05) is 14.1 Å². The van der Waals surface area contributed by atoms with Crippen molar-refractivity contribution >= 4 is 17.9 Å². The van der Waals surface area contributed by atoms with Gasteiger partial charge in [-0.25, -0.2) is 4.79 Å². The molecule has 0 aliphatic carbocycles. The lowest BCUT2D eigenvalue weighted by Crippen LogP contribution is -2.44. The predicted octanol–water partition coefficient (Wildman–Crippen LogP) is 0.791. The van der Waals surface area contributed by atoms with Gasteiger partial charge in [0.15, 0.2) is 23.9 Å². The zero-order chi connectivity index (χ0) is 18.0. The molecule has 1 aromatic carbocycles. The maximum atomic E-state index is 12.4. The zero-order valence-corrected chi connectivity index (χ0v) is 14.2. The second-order valence-electron chi connectivity index (χ2n) is 5.72. The van der Waals surface area contributed by atoms with Gasteiger partial charge in [-0.15, -0.1) is 0 Å². The molecule has 1 aliphatic rings. The molecule has 0 radical (unpaired) electrons. The second kappa shape index (κ2) is 6.80. The quantitative estimate of drug-likeness (QED) is 0.803. The Balaban J connectivity index is 1.67. The van der Waals surface area contributed by atoms with Crippen molar-refractivity contribution in [3.05, 3.63) is 30.1 Å². The Bertz CT molecular complexity index is 783. The molecule has 0 spiro atoms. The van der Waals surface area contributed by atoms with E-state index in [0.717, 1.165) is 0 Å². The molecule has 9 nitrogen and oxygen atoms in total. The minimum absolute atomic E-state index is 0.0595. The molecule has 1 aromatic heterocycles. The number of fused-ring (bicyclic) bond motifs is 1. The van der Waals surface area contributed by atoms with Crippen LogP contribution in [-0.2, 0) is 16.1 Å². The van der Waals surface area contributed by atoms with Gasteiger partial charge in [-0.2, -0.15) is 15.0 Å². The van der Waals surface area contributed by atoms with Crippen molar-refractivity contribution in [2.75, 3.05) is 24.7 Å². The van der Waals surface area contributed by atoms with Crippen LogP contribution in [0.1, 0.15) is 12.7 Å². The Kier molecular flexibility index (Phi) is 4.55. The van der Waals surface area contributed by atoms with Crippen LogP contribution in [0.4, 0.5) is 11.9 Å². The number of carbonyl (C=O) groups excluding carboxylic acids is 1. The third-order valence-electron chi connectivity index (χ3n) is 3.51. The first-order valence-corrected chi connectivity index (χ1v) is 7.71. The first-order valence-electron chi connectivity index (χ1n) is 7.71. The molecule has 25 heavy (non-hydrogen) atoms. The fourth-order valence-corrected chi connectivity index (χ4v) is 2.29. The molecule has 0 amide bonds. The molecule has 0 saturated carbocycles. The van der Waals surface area contributed by atoms with Gasteiger partial charge in [0.1, 0.15) is 6.10 Å². The van der Waals surface area contributed by atoms with Crippen molar-refractivity contribution in [3.8, 4) is 11.5 Å². The summed E-state index contributed by atoms with van der Waals surface area (Å²) in [5.41, 5.74) is 5.65. The summed E-state index contributed by atoms with van der Waals surface area (Å²) in [6, 6.07) is 7.15. The smallest absolute Gasteiger partial charge is 0.351 e. The van der Waals surface area contributed by atoms with Gasteiger partial charge < -0.3 is 24.8 Å². The van der Waals surface area contributed by atoms with E-state index in [0.29, 0.717) is 17.4 Å². The van der Waals surface area contributed by atoms with E-state index in [4.69, 9.17) is 19.9 Å². The highest BCUT2D eigenvalue weighted by molar-refractivity contribution is 5.76. The fourth-order valence-electron chi connectivity index (χ4n) is 2.29. The van der Waals surface area contributed by atoms with E-state index in [1.807, 2.05) is 6.07 Å². The predicted molar refractivity (Wildman–Crippen MR) is 89.3 cm³/mol. The molecule has 0 saturated heterocycles. The van der Waals surface area contributed by atoms with E-state index in [1.54, 1.807) is 44.1 Å². The Morgan fingerprint density at radius 2 is 1.88 bits per heavy atom. The maximum absolute atomic E-state index is 12.4. The molecule has 9 heteroatoms. The number of esters is 1. The summed E-state index contributed by atoms with van der Waals surface area (Å²) in [5.74, 6) is 1.24. The van der Waals surface area contributed by atoms with Gasteiger partial charge in [-0.1, -0.05) is 12.1 Å². The number of ether oxygens (including phenoxy) is 3. The molecule has 2 heterocycles. The van der Waals surface area contributed by atoms with Crippen LogP contribution in [0.15, 0.2) is 24.3 Å². The lowest BCUT2D eigenvalue weighted by molar-refractivity contribution is -0.159. The van der Waals surface area contributed by atoms with Gasteiger partial charge in [0.2, 0.25) is 18.0 Å². The largest absolute Gasteiger partial charge is 0.482 e.